The summed E-state index contributed by atoms with van der Waals surface area (Å²) in [6.07, 6.45) is 3.62. The number of benzene rings is 1. The molecule has 98 valence electrons. The monoisotopic (exact) mass is 335 g/mol. The van der Waals surface area contributed by atoms with Gasteiger partial charge in [-0.15, -0.1) is 0 Å². The fourth-order valence-electron chi connectivity index (χ4n) is 1.92. The highest BCUT2D eigenvalue weighted by Crippen LogP contribution is 2.21. The van der Waals surface area contributed by atoms with Gasteiger partial charge in [-0.25, -0.2) is 0 Å². The average Bonchev–Trinajstić information content (AvgIpc) is 2.38. The lowest BCUT2D eigenvalue weighted by atomic mass is 10.1. The highest BCUT2D eigenvalue weighted by atomic mass is 79.9. The Morgan fingerprint density at radius 3 is 2.79 bits per heavy atom. The standard InChI is InChI=1S/C14H14BrN3S/c1-18(9-10-6-11(15)8-17-7-10)13-5-3-2-4-12(13)14(16)19/h2-8H,9H2,1H3,(H2,16,19). The number of nitrogens with two attached hydrogens (primary N) is 1. The summed E-state index contributed by atoms with van der Waals surface area (Å²) in [5, 5.41) is 0. The lowest BCUT2D eigenvalue weighted by molar-refractivity contribution is 0.913. The van der Waals surface area contributed by atoms with Gasteiger partial charge in [0.2, 0.25) is 0 Å². The average molecular weight is 336 g/mol. The summed E-state index contributed by atoms with van der Waals surface area (Å²) in [6.45, 7) is 0.742. The molecule has 5 heteroatoms. The van der Waals surface area contributed by atoms with Crippen LogP contribution in [-0.2, 0) is 6.54 Å². The van der Waals surface area contributed by atoms with Gasteiger partial charge in [0.25, 0.3) is 0 Å². The number of thiocarbonyl (C=S) groups is 1. The molecule has 0 amide bonds. The van der Waals surface area contributed by atoms with Crippen LogP contribution in [0.15, 0.2) is 47.2 Å². The highest BCUT2D eigenvalue weighted by molar-refractivity contribution is 9.10. The van der Waals surface area contributed by atoms with Gasteiger partial charge in [-0.1, -0.05) is 24.4 Å². The van der Waals surface area contributed by atoms with E-state index in [-0.39, 0.29) is 0 Å². The molecule has 1 aromatic carbocycles. The lowest BCUT2D eigenvalue weighted by Gasteiger charge is -2.22. The minimum Gasteiger partial charge on any atom is -0.389 e. The largest absolute Gasteiger partial charge is 0.389 e. The van der Waals surface area contributed by atoms with Gasteiger partial charge in [0.15, 0.2) is 0 Å². The second-order valence-corrected chi connectivity index (χ2v) is 5.60. The molecular formula is C14H14BrN3S. The zero-order chi connectivity index (χ0) is 13.8. The lowest BCUT2D eigenvalue weighted by Crippen LogP contribution is -2.21. The van der Waals surface area contributed by atoms with Crippen molar-refractivity contribution in [2.24, 2.45) is 5.73 Å². The van der Waals surface area contributed by atoms with Crippen LogP contribution >= 0.6 is 28.1 Å². The highest BCUT2D eigenvalue weighted by Gasteiger charge is 2.09. The van der Waals surface area contributed by atoms with Crippen molar-refractivity contribution in [3.8, 4) is 0 Å². The minimum absolute atomic E-state index is 0.412. The Morgan fingerprint density at radius 1 is 1.37 bits per heavy atom. The molecule has 2 rings (SSSR count). The van der Waals surface area contributed by atoms with E-state index in [4.69, 9.17) is 18.0 Å². The summed E-state index contributed by atoms with van der Waals surface area (Å²) >= 11 is 8.51. The molecule has 0 aliphatic rings. The van der Waals surface area contributed by atoms with E-state index in [1.807, 2.05) is 43.6 Å². The first-order chi connectivity index (χ1) is 9.08. The number of hydrogen-bond acceptors (Lipinski definition) is 3. The zero-order valence-electron chi connectivity index (χ0n) is 10.5. The van der Waals surface area contributed by atoms with Gasteiger partial charge in [0.1, 0.15) is 4.99 Å². The Balaban J connectivity index is 2.25. The van der Waals surface area contributed by atoms with Crippen molar-refractivity contribution in [3.63, 3.8) is 0 Å². The number of pyridine rings is 1. The summed E-state index contributed by atoms with van der Waals surface area (Å²) in [7, 11) is 2.01. The molecule has 1 aromatic heterocycles. The minimum atomic E-state index is 0.412. The van der Waals surface area contributed by atoms with Crippen molar-refractivity contribution in [1.82, 2.24) is 4.98 Å². The van der Waals surface area contributed by atoms with E-state index < -0.39 is 0 Å². The van der Waals surface area contributed by atoms with Crippen LogP contribution in [-0.4, -0.2) is 17.0 Å². The molecule has 0 aliphatic heterocycles. The second kappa shape index (κ2) is 6.12. The molecule has 0 radical (unpaired) electrons. The molecule has 0 bridgehead atoms. The fourth-order valence-corrected chi connectivity index (χ4v) is 2.50. The van der Waals surface area contributed by atoms with E-state index in [2.05, 4.69) is 25.8 Å². The van der Waals surface area contributed by atoms with Gasteiger partial charge in [0.05, 0.1) is 0 Å². The summed E-state index contributed by atoms with van der Waals surface area (Å²) in [6, 6.07) is 9.92. The molecule has 19 heavy (non-hydrogen) atoms. The van der Waals surface area contributed by atoms with Crippen molar-refractivity contribution >= 4 is 38.8 Å². The third kappa shape index (κ3) is 3.52. The molecule has 2 N–H and O–H groups in total. The summed E-state index contributed by atoms with van der Waals surface area (Å²) < 4.78 is 0.973. The predicted octanol–water partition coefficient (Wildman–Crippen LogP) is 3.11. The van der Waals surface area contributed by atoms with Gasteiger partial charge in [-0.05, 0) is 39.7 Å². The Labute approximate surface area is 126 Å². The first kappa shape index (κ1) is 14.0. The van der Waals surface area contributed by atoms with Crippen molar-refractivity contribution in [2.75, 3.05) is 11.9 Å². The van der Waals surface area contributed by atoms with Gasteiger partial charge >= 0.3 is 0 Å². The van der Waals surface area contributed by atoms with Crippen molar-refractivity contribution in [1.29, 1.82) is 0 Å². The van der Waals surface area contributed by atoms with E-state index in [0.717, 1.165) is 27.8 Å². The maximum Gasteiger partial charge on any atom is 0.106 e. The summed E-state index contributed by atoms with van der Waals surface area (Å²) in [5.41, 5.74) is 8.79. The van der Waals surface area contributed by atoms with E-state index in [0.29, 0.717) is 4.99 Å². The maximum atomic E-state index is 5.75. The van der Waals surface area contributed by atoms with Crippen LogP contribution in [0.25, 0.3) is 0 Å². The number of anilines is 1. The normalized spacial score (nSPS) is 10.2. The Kier molecular flexibility index (Phi) is 4.50. The Morgan fingerprint density at radius 2 is 2.11 bits per heavy atom. The predicted molar refractivity (Wildman–Crippen MR) is 86.4 cm³/mol. The number of hydrogen-bond donors (Lipinski definition) is 1. The van der Waals surface area contributed by atoms with Crippen LogP contribution < -0.4 is 10.6 Å². The topological polar surface area (TPSA) is 42.2 Å². The molecule has 0 fully saturated rings. The quantitative estimate of drug-likeness (QED) is 0.871. The molecule has 0 spiro atoms. The van der Waals surface area contributed by atoms with Crippen LogP contribution in [0, 0.1) is 0 Å². The van der Waals surface area contributed by atoms with Crippen molar-refractivity contribution in [3.05, 3.63) is 58.3 Å². The van der Waals surface area contributed by atoms with Gasteiger partial charge in [0, 0.05) is 41.7 Å². The van der Waals surface area contributed by atoms with Crippen LogP contribution in [0.5, 0.6) is 0 Å². The molecule has 0 saturated heterocycles. The smallest absolute Gasteiger partial charge is 0.106 e. The molecule has 3 nitrogen and oxygen atoms in total. The molecule has 0 unspecified atom stereocenters. The molecule has 1 heterocycles. The second-order valence-electron chi connectivity index (χ2n) is 4.25. The molecular weight excluding hydrogens is 322 g/mol. The third-order valence-electron chi connectivity index (χ3n) is 2.76. The first-order valence-corrected chi connectivity index (χ1v) is 6.97. The molecule has 2 aromatic rings. The number of para-hydroxylation sites is 1. The van der Waals surface area contributed by atoms with Crippen LogP contribution in [0.1, 0.15) is 11.1 Å². The number of halogens is 1. The molecule has 0 atom stereocenters. The molecule has 0 aliphatic carbocycles. The van der Waals surface area contributed by atoms with E-state index in [9.17, 15) is 0 Å². The van der Waals surface area contributed by atoms with E-state index in [1.54, 1.807) is 6.20 Å². The van der Waals surface area contributed by atoms with Gasteiger partial charge < -0.3 is 10.6 Å². The first-order valence-electron chi connectivity index (χ1n) is 5.77. The van der Waals surface area contributed by atoms with Gasteiger partial charge in [-0.2, -0.15) is 0 Å². The number of rotatable bonds is 4. The van der Waals surface area contributed by atoms with Gasteiger partial charge in [-0.3, -0.25) is 4.98 Å². The SMILES string of the molecule is CN(Cc1cncc(Br)c1)c1ccccc1C(N)=S. The van der Waals surface area contributed by atoms with Crippen molar-refractivity contribution in [2.45, 2.75) is 6.54 Å². The Bertz CT molecular complexity index is 601. The molecule has 0 saturated carbocycles. The van der Waals surface area contributed by atoms with E-state index in [1.165, 1.54) is 0 Å². The number of aromatic nitrogens is 1. The van der Waals surface area contributed by atoms with Crippen molar-refractivity contribution < 1.29 is 0 Å². The van der Waals surface area contributed by atoms with E-state index >= 15 is 0 Å². The van der Waals surface area contributed by atoms with Crippen LogP contribution in [0.2, 0.25) is 0 Å². The third-order valence-corrected chi connectivity index (χ3v) is 3.42. The van der Waals surface area contributed by atoms with Crippen LogP contribution in [0.4, 0.5) is 5.69 Å². The van der Waals surface area contributed by atoms with Crippen LogP contribution in [0.3, 0.4) is 0 Å². The summed E-state index contributed by atoms with van der Waals surface area (Å²) in [4.78, 5) is 6.69. The Hall–Kier alpha value is -1.46. The maximum absolute atomic E-state index is 5.75. The number of nitrogens with zero attached hydrogens (tertiary/aromatic N) is 2. The fraction of sp³-hybridized carbons (Fsp3) is 0.143. The summed E-state index contributed by atoms with van der Waals surface area (Å²) in [5.74, 6) is 0. The zero-order valence-corrected chi connectivity index (χ0v) is 12.9.